The Morgan fingerprint density at radius 1 is 1.16 bits per heavy atom. The number of hydrogen-bond acceptors (Lipinski definition) is 4. The van der Waals surface area contributed by atoms with E-state index in [2.05, 4.69) is 11.1 Å². The Balaban J connectivity index is 1.41. The van der Waals surface area contributed by atoms with Crippen molar-refractivity contribution in [3.05, 3.63) is 35.1 Å². The van der Waals surface area contributed by atoms with Crippen LogP contribution in [0.5, 0.6) is 0 Å². The molecule has 2 aromatic heterocycles. The van der Waals surface area contributed by atoms with Gasteiger partial charge in [-0.2, -0.15) is 0 Å². The number of carbonyl (C=O) groups is 1. The smallest absolute Gasteiger partial charge is 0.225 e. The van der Waals surface area contributed by atoms with Crippen LogP contribution >= 0.6 is 11.6 Å². The van der Waals surface area contributed by atoms with Gasteiger partial charge in [0.1, 0.15) is 0 Å². The Morgan fingerprint density at radius 2 is 1.92 bits per heavy atom. The minimum atomic E-state index is 0.151. The Bertz CT molecular complexity index is 768. The lowest BCUT2D eigenvalue weighted by atomic mass is 9.91. The molecule has 0 radical (unpaired) electrons. The minimum absolute atomic E-state index is 0.151. The second kappa shape index (κ2) is 7.26. The summed E-state index contributed by atoms with van der Waals surface area (Å²) >= 11 is 5.98. The largest absolute Gasteiger partial charge is 0.381 e. The lowest BCUT2D eigenvalue weighted by molar-refractivity contribution is -0.139. The molecule has 0 aromatic carbocycles. The molecule has 0 atom stereocenters. The third kappa shape index (κ3) is 3.62. The summed E-state index contributed by atoms with van der Waals surface area (Å²) < 4.78 is 5.36. The molecule has 2 aromatic rings. The number of halogens is 1. The predicted octanol–water partition coefficient (Wildman–Crippen LogP) is 3.42. The van der Waals surface area contributed by atoms with E-state index >= 15 is 0 Å². The molecule has 1 amide bonds. The SMILES string of the molecule is O=C(C1CCOCC1)N1CCC(c2ccc3cc(Cl)cnc3n2)CC1. The van der Waals surface area contributed by atoms with Crippen molar-refractivity contribution in [2.75, 3.05) is 26.3 Å². The average molecular weight is 360 g/mol. The van der Waals surface area contributed by atoms with Crippen molar-refractivity contribution in [1.82, 2.24) is 14.9 Å². The predicted molar refractivity (Wildman–Crippen MR) is 96.6 cm³/mol. The number of nitrogens with zero attached hydrogens (tertiary/aromatic N) is 3. The molecule has 2 aliphatic heterocycles. The van der Waals surface area contributed by atoms with Gasteiger partial charge in [0.25, 0.3) is 0 Å². The van der Waals surface area contributed by atoms with Gasteiger partial charge in [0.2, 0.25) is 5.91 Å². The second-order valence-electron chi connectivity index (χ2n) is 6.92. The fourth-order valence-corrected chi connectivity index (χ4v) is 3.99. The van der Waals surface area contributed by atoms with E-state index in [4.69, 9.17) is 21.3 Å². The molecule has 2 saturated heterocycles. The molecule has 4 rings (SSSR count). The maximum atomic E-state index is 12.6. The highest BCUT2D eigenvalue weighted by molar-refractivity contribution is 6.31. The van der Waals surface area contributed by atoms with Crippen molar-refractivity contribution in [3.63, 3.8) is 0 Å². The molecule has 5 nitrogen and oxygen atoms in total. The van der Waals surface area contributed by atoms with Crippen LogP contribution in [-0.4, -0.2) is 47.1 Å². The van der Waals surface area contributed by atoms with E-state index < -0.39 is 0 Å². The van der Waals surface area contributed by atoms with E-state index in [9.17, 15) is 4.79 Å². The summed E-state index contributed by atoms with van der Waals surface area (Å²) in [5, 5.41) is 1.59. The Morgan fingerprint density at radius 3 is 2.68 bits per heavy atom. The number of fused-ring (bicyclic) bond motifs is 1. The number of rotatable bonds is 2. The van der Waals surface area contributed by atoms with Crippen LogP contribution in [0.2, 0.25) is 5.02 Å². The van der Waals surface area contributed by atoms with E-state index in [1.54, 1.807) is 6.20 Å². The number of piperidine rings is 1. The van der Waals surface area contributed by atoms with Gasteiger partial charge < -0.3 is 9.64 Å². The zero-order valence-electron chi connectivity index (χ0n) is 14.2. The highest BCUT2D eigenvalue weighted by Crippen LogP contribution is 2.29. The summed E-state index contributed by atoms with van der Waals surface area (Å²) in [5.74, 6) is 0.850. The van der Waals surface area contributed by atoms with Crippen LogP contribution in [-0.2, 0) is 9.53 Å². The van der Waals surface area contributed by atoms with Gasteiger partial charge in [0.15, 0.2) is 5.65 Å². The van der Waals surface area contributed by atoms with Crippen molar-refractivity contribution in [2.24, 2.45) is 5.92 Å². The number of ether oxygens (including phenoxy) is 1. The van der Waals surface area contributed by atoms with Crippen LogP contribution in [0.3, 0.4) is 0 Å². The molecule has 25 heavy (non-hydrogen) atoms. The van der Waals surface area contributed by atoms with Crippen molar-refractivity contribution >= 4 is 28.5 Å². The average Bonchev–Trinajstić information content (AvgIpc) is 2.68. The van der Waals surface area contributed by atoms with Gasteiger partial charge in [-0.15, -0.1) is 0 Å². The molecular formula is C19H22ClN3O2. The molecule has 0 saturated carbocycles. The quantitative estimate of drug-likeness (QED) is 0.824. The maximum absolute atomic E-state index is 12.6. The van der Waals surface area contributed by atoms with Crippen LogP contribution in [0.15, 0.2) is 24.4 Å². The third-order valence-corrected chi connectivity index (χ3v) is 5.53. The molecule has 0 aliphatic carbocycles. The molecule has 4 heterocycles. The number of hydrogen-bond donors (Lipinski definition) is 0. The molecule has 0 spiro atoms. The molecular weight excluding hydrogens is 338 g/mol. The summed E-state index contributed by atoms with van der Waals surface area (Å²) in [6.07, 6.45) is 5.27. The fraction of sp³-hybridized carbons (Fsp3) is 0.526. The lowest BCUT2D eigenvalue weighted by Gasteiger charge is -2.35. The first kappa shape index (κ1) is 16.7. The van der Waals surface area contributed by atoms with Gasteiger partial charge in [-0.1, -0.05) is 11.6 Å². The first-order chi connectivity index (χ1) is 12.2. The van der Waals surface area contributed by atoms with Crippen molar-refractivity contribution in [2.45, 2.75) is 31.6 Å². The first-order valence-corrected chi connectivity index (χ1v) is 9.37. The summed E-state index contributed by atoms with van der Waals surface area (Å²) in [7, 11) is 0. The molecule has 0 bridgehead atoms. The van der Waals surface area contributed by atoms with Crippen LogP contribution in [0, 0.1) is 5.92 Å². The normalized spacial score (nSPS) is 20.1. The number of pyridine rings is 2. The zero-order chi connectivity index (χ0) is 17.2. The number of likely N-dealkylation sites (tertiary alicyclic amines) is 1. The fourth-order valence-electron chi connectivity index (χ4n) is 3.82. The van der Waals surface area contributed by atoms with Crippen LogP contribution in [0.1, 0.15) is 37.3 Å². The Labute approximate surface area is 152 Å². The van der Waals surface area contributed by atoms with E-state index in [1.165, 1.54) is 0 Å². The second-order valence-corrected chi connectivity index (χ2v) is 7.36. The highest BCUT2D eigenvalue weighted by atomic mass is 35.5. The number of amides is 1. The Kier molecular flexibility index (Phi) is 4.86. The molecule has 2 aliphatic rings. The van der Waals surface area contributed by atoms with Crippen molar-refractivity contribution in [3.8, 4) is 0 Å². The molecule has 6 heteroatoms. The number of carbonyl (C=O) groups excluding carboxylic acids is 1. The molecule has 132 valence electrons. The van der Waals surface area contributed by atoms with Gasteiger partial charge in [-0.3, -0.25) is 4.79 Å². The highest BCUT2D eigenvalue weighted by Gasteiger charge is 2.30. The third-order valence-electron chi connectivity index (χ3n) is 5.33. The molecule has 0 N–H and O–H groups in total. The van der Waals surface area contributed by atoms with Crippen LogP contribution in [0.25, 0.3) is 11.0 Å². The van der Waals surface area contributed by atoms with E-state index in [-0.39, 0.29) is 5.92 Å². The minimum Gasteiger partial charge on any atom is -0.381 e. The lowest BCUT2D eigenvalue weighted by Crippen LogP contribution is -2.42. The zero-order valence-corrected chi connectivity index (χ0v) is 14.9. The van der Waals surface area contributed by atoms with Crippen LogP contribution < -0.4 is 0 Å². The molecule has 2 fully saturated rings. The van der Waals surface area contributed by atoms with Gasteiger partial charge >= 0.3 is 0 Å². The summed E-state index contributed by atoms with van der Waals surface area (Å²) in [6, 6.07) is 5.99. The summed E-state index contributed by atoms with van der Waals surface area (Å²) in [4.78, 5) is 23.7. The van der Waals surface area contributed by atoms with Gasteiger partial charge in [0, 0.05) is 55.4 Å². The van der Waals surface area contributed by atoms with Crippen molar-refractivity contribution < 1.29 is 9.53 Å². The number of aromatic nitrogens is 2. The summed E-state index contributed by atoms with van der Waals surface area (Å²) in [6.45, 7) is 3.05. The van der Waals surface area contributed by atoms with Crippen LogP contribution in [0.4, 0.5) is 0 Å². The standard InChI is InChI=1S/C19H22ClN3O2/c20-16-11-15-1-2-17(22-18(15)21-12-16)13-3-7-23(8-4-13)19(24)14-5-9-25-10-6-14/h1-2,11-14H,3-10H2. The van der Waals surface area contributed by atoms with E-state index in [0.717, 1.165) is 55.5 Å². The van der Waals surface area contributed by atoms with Crippen molar-refractivity contribution in [1.29, 1.82) is 0 Å². The van der Waals surface area contributed by atoms with Gasteiger partial charge in [-0.25, -0.2) is 9.97 Å². The first-order valence-electron chi connectivity index (χ1n) is 8.99. The van der Waals surface area contributed by atoms with Gasteiger partial charge in [-0.05, 0) is 43.9 Å². The topological polar surface area (TPSA) is 55.3 Å². The van der Waals surface area contributed by atoms with E-state index in [0.29, 0.717) is 30.1 Å². The Hall–Kier alpha value is -1.72. The van der Waals surface area contributed by atoms with E-state index in [1.807, 2.05) is 17.0 Å². The monoisotopic (exact) mass is 359 g/mol. The maximum Gasteiger partial charge on any atom is 0.225 e. The summed E-state index contributed by atoms with van der Waals surface area (Å²) in [5.41, 5.74) is 1.81. The van der Waals surface area contributed by atoms with Gasteiger partial charge in [0.05, 0.1) is 5.02 Å². The molecule has 0 unspecified atom stereocenters.